The Morgan fingerprint density at radius 2 is 2.21 bits per heavy atom. The fraction of sp³-hybridized carbons (Fsp3) is 0.500. The molecule has 1 aromatic rings. The molecule has 0 amide bonds. The van der Waals surface area contributed by atoms with Crippen LogP contribution in [0.2, 0.25) is 0 Å². The molecule has 11 heteroatoms. The number of nitrogens with two attached hydrogens (primary N) is 1. The average molecular weight is 424 g/mol. The number of hydrogen-bond acceptors (Lipinski definition) is 7. The molecular formula is C18H27N6O4S+. The molecule has 3 rings (SSSR count). The summed E-state index contributed by atoms with van der Waals surface area (Å²) in [5.41, 5.74) is 8.01. The number of nitrogens with one attached hydrogen (secondary N) is 1. The number of anilines is 1. The van der Waals surface area contributed by atoms with Gasteiger partial charge in [0.25, 0.3) is 0 Å². The van der Waals surface area contributed by atoms with Crippen LogP contribution >= 0.6 is 0 Å². The quantitative estimate of drug-likeness (QED) is 0.355. The number of piperidine rings is 1. The van der Waals surface area contributed by atoms with Gasteiger partial charge in [-0.1, -0.05) is 0 Å². The molecule has 1 atom stereocenters. The van der Waals surface area contributed by atoms with Crippen LogP contribution in [0.3, 0.4) is 0 Å². The van der Waals surface area contributed by atoms with Crippen molar-refractivity contribution in [2.45, 2.75) is 19.4 Å². The van der Waals surface area contributed by atoms with Crippen LogP contribution in [0.4, 0.5) is 11.5 Å². The topological polar surface area (TPSA) is 146 Å². The van der Waals surface area contributed by atoms with Crippen LogP contribution in [0.1, 0.15) is 12.8 Å². The first kappa shape index (κ1) is 21.2. The summed E-state index contributed by atoms with van der Waals surface area (Å²) in [5, 5.41) is 22.6. The van der Waals surface area contributed by atoms with Crippen molar-refractivity contribution in [2.24, 2.45) is 10.9 Å². The molecule has 0 radical (unpaired) electrons. The molecule has 0 spiro atoms. The standard InChI is InChI=1S/C18H26N6O4S/c1-29(27,28)22-16-9-14(23-6-2-3-13(11-23)12-26)4-5-15(16)21-17-10-20-24(7-8-25)18(17)19/h4-5,9-10,13,25-26H,2-3,6-8,11-12H2,1H3,(H2,19,20,22)/p+1. The third-order valence-electron chi connectivity index (χ3n) is 4.83. The zero-order chi connectivity index (χ0) is 21.0. The first-order valence-corrected chi connectivity index (χ1v) is 11.3. The molecule has 1 aromatic heterocycles. The van der Waals surface area contributed by atoms with E-state index in [1.54, 1.807) is 12.2 Å². The van der Waals surface area contributed by atoms with Gasteiger partial charge >= 0.3 is 0 Å². The summed E-state index contributed by atoms with van der Waals surface area (Å²) in [6.07, 6.45) is 9.85. The normalized spacial score (nSPS) is 24.0. The van der Waals surface area contributed by atoms with E-state index >= 15 is 0 Å². The van der Waals surface area contributed by atoms with E-state index in [2.05, 4.69) is 19.4 Å². The number of aromatic nitrogens is 2. The van der Waals surface area contributed by atoms with Crippen LogP contribution < -0.4 is 10.5 Å². The van der Waals surface area contributed by atoms with Gasteiger partial charge in [-0.25, -0.2) is 22.7 Å². The Morgan fingerprint density at radius 3 is 2.90 bits per heavy atom. The molecule has 5 N–H and O–H groups in total. The van der Waals surface area contributed by atoms with Gasteiger partial charge in [-0.3, -0.25) is 4.72 Å². The maximum Gasteiger partial charge on any atom is 0.229 e. The second kappa shape index (κ2) is 8.89. The predicted molar refractivity (Wildman–Crippen MR) is 111 cm³/mol. The molecule has 1 fully saturated rings. The molecule has 1 aliphatic heterocycles. The lowest BCUT2D eigenvalue weighted by Gasteiger charge is -2.20. The highest BCUT2D eigenvalue weighted by Crippen LogP contribution is 2.23. The van der Waals surface area contributed by atoms with E-state index in [0.717, 1.165) is 31.4 Å². The molecule has 10 nitrogen and oxygen atoms in total. The molecule has 0 aromatic carbocycles. The second-order valence-electron chi connectivity index (χ2n) is 7.19. The van der Waals surface area contributed by atoms with Gasteiger partial charge in [0.05, 0.1) is 43.6 Å². The van der Waals surface area contributed by atoms with Crippen molar-refractivity contribution in [3.05, 3.63) is 30.1 Å². The molecular weight excluding hydrogens is 396 g/mol. The van der Waals surface area contributed by atoms with Crippen molar-refractivity contribution < 1.29 is 23.2 Å². The fourth-order valence-corrected chi connectivity index (χ4v) is 3.99. The SMILES string of the molecule is CS(=O)(=O)NC1=CC(=[N+]2CCCC(CO)C2)C=CC1=Nc1cnn(CCO)c1N. The number of aliphatic hydroxyl groups is 2. The van der Waals surface area contributed by atoms with Crippen LogP contribution in [0.25, 0.3) is 0 Å². The monoisotopic (exact) mass is 423 g/mol. The number of rotatable bonds is 6. The first-order valence-electron chi connectivity index (χ1n) is 9.42. The minimum absolute atomic E-state index is 0.106. The van der Waals surface area contributed by atoms with Gasteiger partial charge < -0.3 is 15.9 Å². The Balaban J connectivity index is 1.97. The highest BCUT2D eigenvalue weighted by Gasteiger charge is 2.26. The van der Waals surface area contributed by atoms with Gasteiger partial charge in [-0.05, 0) is 12.5 Å². The fourth-order valence-electron chi connectivity index (χ4n) is 3.42. The molecule has 0 bridgehead atoms. The number of nitrogens with zero attached hydrogens (tertiary/aromatic N) is 4. The van der Waals surface area contributed by atoms with Crippen LogP contribution in [0.5, 0.6) is 0 Å². The highest BCUT2D eigenvalue weighted by molar-refractivity contribution is 7.88. The Hall–Kier alpha value is -2.50. The highest BCUT2D eigenvalue weighted by atomic mass is 32.2. The van der Waals surface area contributed by atoms with Crippen LogP contribution in [0.15, 0.2) is 35.1 Å². The van der Waals surface area contributed by atoms with Crippen LogP contribution in [-0.2, 0) is 16.6 Å². The number of aliphatic hydroxyl groups excluding tert-OH is 2. The summed E-state index contributed by atoms with van der Waals surface area (Å²) in [6.45, 7) is 1.83. The Morgan fingerprint density at radius 1 is 1.41 bits per heavy atom. The lowest BCUT2D eigenvalue weighted by atomic mass is 9.99. The van der Waals surface area contributed by atoms with Gasteiger partial charge in [-0.15, -0.1) is 0 Å². The lowest BCUT2D eigenvalue weighted by molar-refractivity contribution is -0.545. The molecule has 2 heterocycles. The van der Waals surface area contributed by atoms with E-state index < -0.39 is 10.0 Å². The molecule has 1 saturated heterocycles. The summed E-state index contributed by atoms with van der Waals surface area (Å²) in [4.78, 5) is 4.47. The van der Waals surface area contributed by atoms with Crippen molar-refractivity contribution >= 4 is 33.0 Å². The van der Waals surface area contributed by atoms with E-state index in [1.165, 1.54) is 10.9 Å². The van der Waals surface area contributed by atoms with Crippen molar-refractivity contribution in [3.63, 3.8) is 0 Å². The summed E-state index contributed by atoms with van der Waals surface area (Å²) < 4.78 is 29.8. The van der Waals surface area contributed by atoms with Crippen molar-refractivity contribution in [2.75, 3.05) is 38.3 Å². The van der Waals surface area contributed by atoms with E-state index in [0.29, 0.717) is 23.6 Å². The van der Waals surface area contributed by atoms with Gasteiger partial charge in [0.15, 0.2) is 0 Å². The Kier molecular flexibility index (Phi) is 6.50. The summed E-state index contributed by atoms with van der Waals surface area (Å²) in [6, 6.07) is 0. The number of sulfonamides is 1. The van der Waals surface area contributed by atoms with Crippen LogP contribution in [0, 0.1) is 5.92 Å². The second-order valence-corrected chi connectivity index (χ2v) is 8.93. The maximum atomic E-state index is 11.9. The number of aliphatic imine (C=N–C) groups is 1. The van der Waals surface area contributed by atoms with E-state index in [1.807, 2.05) is 6.08 Å². The number of allylic oxidation sites excluding steroid dienone is 3. The van der Waals surface area contributed by atoms with E-state index in [9.17, 15) is 13.5 Å². The summed E-state index contributed by atoms with van der Waals surface area (Å²) in [5.74, 6) is 0.492. The molecule has 29 heavy (non-hydrogen) atoms. The molecule has 1 aliphatic carbocycles. The summed E-state index contributed by atoms with van der Waals surface area (Å²) in [7, 11) is -3.52. The Bertz CT molecular complexity index is 990. The zero-order valence-corrected chi connectivity index (χ0v) is 17.1. The third-order valence-corrected chi connectivity index (χ3v) is 5.42. The maximum absolute atomic E-state index is 11.9. The van der Waals surface area contributed by atoms with Gasteiger partial charge in [-0.2, -0.15) is 5.10 Å². The van der Waals surface area contributed by atoms with Gasteiger partial charge in [0, 0.05) is 24.5 Å². The minimum Gasteiger partial charge on any atom is -0.396 e. The van der Waals surface area contributed by atoms with E-state index in [-0.39, 0.29) is 31.5 Å². The predicted octanol–water partition coefficient (Wildman–Crippen LogP) is -0.611. The average Bonchev–Trinajstić information content (AvgIpc) is 3.02. The molecule has 2 aliphatic rings. The summed E-state index contributed by atoms with van der Waals surface area (Å²) >= 11 is 0. The number of nitrogen functional groups attached to an aromatic ring is 1. The third kappa shape index (κ3) is 5.31. The molecule has 1 unspecified atom stereocenters. The van der Waals surface area contributed by atoms with Gasteiger partial charge in [0.2, 0.25) is 15.7 Å². The van der Waals surface area contributed by atoms with E-state index in [4.69, 9.17) is 10.8 Å². The molecule has 158 valence electrons. The lowest BCUT2D eigenvalue weighted by Crippen LogP contribution is -2.35. The van der Waals surface area contributed by atoms with Gasteiger partial charge in [0.1, 0.15) is 24.6 Å². The minimum atomic E-state index is -3.52. The smallest absolute Gasteiger partial charge is 0.229 e. The van der Waals surface area contributed by atoms with Crippen molar-refractivity contribution in [1.82, 2.24) is 14.5 Å². The Labute approximate surface area is 169 Å². The van der Waals surface area contributed by atoms with Crippen molar-refractivity contribution in [1.29, 1.82) is 0 Å². The van der Waals surface area contributed by atoms with Crippen molar-refractivity contribution in [3.8, 4) is 0 Å². The zero-order valence-electron chi connectivity index (χ0n) is 16.3. The first-order chi connectivity index (χ1) is 13.8. The largest absolute Gasteiger partial charge is 0.396 e. The number of hydrogen-bond donors (Lipinski definition) is 4. The van der Waals surface area contributed by atoms with Crippen LogP contribution in [-0.4, -0.2) is 77.0 Å². The molecule has 0 saturated carbocycles.